The summed E-state index contributed by atoms with van der Waals surface area (Å²) in [6.07, 6.45) is 6.92. The molecule has 3 nitrogen and oxygen atoms in total. The van der Waals surface area contributed by atoms with Crippen molar-refractivity contribution in [3.63, 3.8) is 0 Å². The highest BCUT2D eigenvalue weighted by molar-refractivity contribution is 7.80. The predicted octanol–water partition coefficient (Wildman–Crippen LogP) is 2.71. The van der Waals surface area contributed by atoms with Crippen molar-refractivity contribution < 1.29 is 0 Å². The summed E-state index contributed by atoms with van der Waals surface area (Å²) in [4.78, 5) is 4.75. The molecule has 0 amide bonds. The van der Waals surface area contributed by atoms with E-state index in [0.717, 1.165) is 11.4 Å². The lowest BCUT2D eigenvalue weighted by molar-refractivity contribution is 0.349. The first-order valence-electron chi connectivity index (χ1n) is 6.19. The molecule has 1 aromatic rings. The fourth-order valence-corrected chi connectivity index (χ4v) is 2.51. The number of hydrogen-bond acceptors (Lipinski definition) is 3. The van der Waals surface area contributed by atoms with Crippen molar-refractivity contribution in [2.75, 3.05) is 5.32 Å². The number of hydrogen-bond donors (Lipinski definition) is 2. The van der Waals surface area contributed by atoms with Crippen LogP contribution in [-0.2, 0) is 0 Å². The number of nitrogens with zero attached hydrogens (tertiary/aromatic N) is 1. The number of thiocarbonyl (C=S) groups is 1. The Bertz CT molecular complexity index is 405. The van der Waals surface area contributed by atoms with Crippen molar-refractivity contribution in [2.45, 2.75) is 38.6 Å². The quantitative estimate of drug-likeness (QED) is 0.809. The van der Waals surface area contributed by atoms with Gasteiger partial charge in [0.1, 0.15) is 10.8 Å². The molecule has 1 aliphatic rings. The molecule has 17 heavy (non-hydrogen) atoms. The van der Waals surface area contributed by atoms with Crippen LogP contribution in [0.1, 0.15) is 38.2 Å². The summed E-state index contributed by atoms with van der Waals surface area (Å²) >= 11 is 4.97. The fourth-order valence-electron chi connectivity index (χ4n) is 2.38. The van der Waals surface area contributed by atoms with E-state index in [0.29, 0.717) is 16.9 Å². The molecule has 0 spiro atoms. The van der Waals surface area contributed by atoms with Crippen molar-refractivity contribution >= 4 is 23.0 Å². The van der Waals surface area contributed by atoms with Crippen LogP contribution in [0.15, 0.2) is 18.3 Å². The first-order chi connectivity index (χ1) is 8.16. The zero-order chi connectivity index (χ0) is 12.3. The van der Waals surface area contributed by atoms with Crippen molar-refractivity contribution in [3.05, 3.63) is 23.9 Å². The predicted molar refractivity (Wildman–Crippen MR) is 75.2 cm³/mol. The van der Waals surface area contributed by atoms with Gasteiger partial charge in [0.2, 0.25) is 0 Å². The number of rotatable bonds is 3. The van der Waals surface area contributed by atoms with Crippen molar-refractivity contribution in [1.82, 2.24) is 4.98 Å². The highest BCUT2D eigenvalue weighted by atomic mass is 32.1. The van der Waals surface area contributed by atoms with Crippen LogP contribution in [-0.4, -0.2) is 16.0 Å². The van der Waals surface area contributed by atoms with Gasteiger partial charge < -0.3 is 11.1 Å². The third-order valence-corrected chi connectivity index (χ3v) is 3.72. The third-order valence-electron chi connectivity index (χ3n) is 3.49. The van der Waals surface area contributed by atoms with Gasteiger partial charge in [-0.2, -0.15) is 0 Å². The molecule has 1 fully saturated rings. The SMILES string of the molecule is CC1CCCCC1Nc1cc(C(N)=S)ccn1. The Morgan fingerprint density at radius 1 is 1.47 bits per heavy atom. The van der Waals surface area contributed by atoms with Crippen LogP contribution in [0.4, 0.5) is 5.82 Å². The Balaban J connectivity index is 2.07. The second-order valence-electron chi connectivity index (χ2n) is 4.81. The lowest BCUT2D eigenvalue weighted by Gasteiger charge is -2.30. The van der Waals surface area contributed by atoms with Gasteiger partial charge in [-0.3, -0.25) is 0 Å². The maximum atomic E-state index is 5.62. The normalized spacial score (nSPS) is 24.3. The Morgan fingerprint density at radius 3 is 2.94 bits per heavy atom. The lowest BCUT2D eigenvalue weighted by atomic mass is 9.86. The van der Waals surface area contributed by atoms with Gasteiger partial charge in [0, 0.05) is 17.8 Å². The van der Waals surface area contributed by atoms with Crippen LogP contribution in [0, 0.1) is 5.92 Å². The van der Waals surface area contributed by atoms with Gasteiger partial charge in [-0.15, -0.1) is 0 Å². The van der Waals surface area contributed by atoms with Crippen LogP contribution >= 0.6 is 12.2 Å². The van der Waals surface area contributed by atoms with Crippen LogP contribution in [0.3, 0.4) is 0 Å². The zero-order valence-corrected chi connectivity index (χ0v) is 11.0. The molecule has 1 aliphatic carbocycles. The van der Waals surface area contributed by atoms with Crippen molar-refractivity contribution in [3.8, 4) is 0 Å². The van der Waals surface area contributed by atoms with Gasteiger partial charge in [0.05, 0.1) is 0 Å². The molecule has 0 aliphatic heterocycles. The molecule has 3 N–H and O–H groups in total. The summed E-state index contributed by atoms with van der Waals surface area (Å²) in [5.74, 6) is 1.59. The van der Waals surface area contributed by atoms with E-state index < -0.39 is 0 Å². The Kier molecular flexibility index (Phi) is 3.94. The van der Waals surface area contributed by atoms with Gasteiger partial charge in [-0.1, -0.05) is 32.0 Å². The van der Waals surface area contributed by atoms with Gasteiger partial charge in [0.15, 0.2) is 0 Å². The maximum absolute atomic E-state index is 5.62. The first kappa shape index (κ1) is 12.3. The molecule has 2 unspecified atom stereocenters. The number of nitrogens with one attached hydrogen (secondary N) is 1. The smallest absolute Gasteiger partial charge is 0.126 e. The standard InChI is InChI=1S/C13H19N3S/c1-9-4-2-3-5-11(9)16-12-8-10(13(14)17)6-7-15-12/h6-9,11H,2-5H2,1H3,(H2,14,17)(H,15,16). The molecule has 4 heteroatoms. The molecule has 0 bridgehead atoms. The largest absolute Gasteiger partial charge is 0.389 e. The summed E-state index contributed by atoms with van der Waals surface area (Å²) in [6.45, 7) is 2.30. The van der Waals surface area contributed by atoms with E-state index in [1.165, 1.54) is 25.7 Å². The second kappa shape index (κ2) is 5.45. The van der Waals surface area contributed by atoms with Gasteiger partial charge >= 0.3 is 0 Å². The molecule has 0 radical (unpaired) electrons. The third kappa shape index (κ3) is 3.16. The van der Waals surface area contributed by atoms with E-state index >= 15 is 0 Å². The number of pyridine rings is 1. The van der Waals surface area contributed by atoms with E-state index in [1.807, 2.05) is 12.1 Å². The summed E-state index contributed by atoms with van der Waals surface area (Å²) in [6, 6.07) is 4.31. The minimum absolute atomic E-state index is 0.423. The molecule has 0 aromatic carbocycles. The van der Waals surface area contributed by atoms with Crippen molar-refractivity contribution in [2.24, 2.45) is 11.7 Å². The van der Waals surface area contributed by atoms with E-state index in [-0.39, 0.29) is 0 Å². The van der Waals surface area contributed by atoms with E-state index in [2.05, 4.69) is 17.2 Å². The molecule has 0 saturated heterocycles. The summed E-state index contributed by atoms with van der Waals surface area (Å²) < 4.78 is 0. The molecule has 92 valence electrons. The topological polar surface area (TPSA) is 50.9 Å². The average molecular weight is 249 g/mol. The number of nitrogens with two attached hydrogens (primary N) is 1. The molecular formula is C13H19N3S. The summed E-state index contributed by atoms with van der Waals surface area (Å²) in [5.41, 5.74) is 6.49. The van der Waals surface area contributed by atoms with E-state index in [9.17, 15) is 0 Å². The van der Waals surface area contributed by atoms with Gasteiger partial charge in [-0.25, -0.2) is 4.98 Å². The van der Waals surface area contributed by atoms with Crippen LogP contribution in [0.2, 0.25) is 0 Å². The highest BCUT2D eigenvalue weighted by Crippen LogP contribution is 2.26. The minimum atomic E-state index is 0.423. The maximum Gasteiger partial charge on any atom is 0.126 e. The Morgan fingerprint density at radius 2 is 2.24 bits per heavy atom. The molecule has 2 atom stereocenters. The second-order valence-corrected chi connectivity index (χ2v) is 5.25. The van der Waals surface area contributed by atoms with Crippen LogP contribution in [0.5, 0.6) is 0 Å². The van der Waals surface area contributed by atoms with Crippen LogP contribution in [0.25, 0.3) is 0 Å². The highest BCUT2D eigenvalue weighted by Gasteiger charge is 2.21. The Labute approximate surface area is 108 Å². The fraction of sp³-hybridized carbons (Fsp3) is 0.538. The molecular weight excluding hydrogens is 230 g/mol. The Hall–Kier alpha value is -1.16. The van der Waals surface area contributed by atoms with E-state index in [1.54, 1.807) is 6.20 Å². The number of aromatic nitrogens is 1. The lowest BCUT2D eigenvalue weighted by Crippen LogP contribution is -2.30. The molecule has 1 heterocycles. The molecule has 1 aromatic heterocycles. The van der Waals surface area contributed by atoms with Gasteiger partial charge in [-0.05, 0) is 30.9 Å². The van der Waals surface area contributed by atoms with Crippen molar-refractivity contribution in [1.29, 1.82) is 0 Å². The van der Waals surface area contributed by atoms with Crippen LogP contribution < -0.4 is 11.1 Å². The zero-order valence-electron chi connectivity index (χ0n) is 10.1. The van der Waals surface area contributed by atoms with E-state index in [4.69, 9.17) is 18.0 Å². The minimum Gasteiger partial charge on any atom is -0.389 e. The molecule has 1 saturated carbocycles. The summed E-state index contributed by atoms with van der Waals surface area (Å²) in [7, 11) is 0. The number of anilines is 1. The first-order valence-corrected chi connectivity index (χ1v) is 6.60. The monoisotopic (exact) mass is 249 g/mol. The average Bonchev–Trinajstić information content (AvgIpc) is 2.32. The van der Waals surface area contributed by atoms with Gasteiger partial charge in [0.25, 0.3) is 0 Å². The summed E-state index contributed by atoms with van der Waals surface area (Å²) in [5, 5.41) is 3.50. The molecule has 2 rings (SSSR count).